The second-order valence-corrected chi connectivity index (χ2v) is 16.5. The molecule has 2 aromatic heterocycles. The van der Waals surface area contributed by atoms with Crippen molar-refractivity contribution in [1.29, 1.82) is 0 Å². The van der Waals surface area contributed by atoms with Crippen LogP contribution in [0.3, 0.4) is 0 Å². The first kappa shape index (κ1) is 37.2. The maximum Gasteiger partial charge on any atom is 1.00 e. The van der Waals surface area contributed by atoms with Gasteiger partial charge in [-0.05, 0) is 113 Å². The summed E-state index contributed by atoms with van der Waals surface area (Å²) < 4.78 is 40.1. The number of benzene rings is 1. The van der Waals surface area contributed by atoms with Gasteiger partial charge < -0.3 is 17.3 Å². The molecular formula is C34H45BBrCuF4N2P+. The Morgan fingerprint density at radius 3 is 1.43 bits per heavy atom. The van der Waals surface area contributed by atoms with E-state index in [2.05, 4.69) is 38.0 Å². The van der Waals surface area contributed by atoms with Gasteiger partial charge in [-0.3, -0.25) is 4.98 Å². The zero-order valence-corrected chi connectivity index (χ0v) is 28.9. The summed E-state index contributed by atoms with van der Waals surface area (Å²) >= 11 is 3.44. The van der Waals surface area contributed by atoms with Crippen molar-refractivity contribution < 1.29 is 34.3 Å². The third-order valence-corrected chi connectivity index (χ3v) is 14.1. The van der Waals surface area contributed by atoms with Gasteiger partial charge >= 0.3 is 24.3 Å². The number of aromatic nitrogens is 2. The summed E-state index contributed by atoms with van der Waals surface area (Å²) in [7, 11) is -6.05. The van der Waals surface area contributed by atoms with Crippen LogP contribution in [-0.4, -0.2) is 34.2 Å². The van der Waals surface area contributed by atoms with Crippen molar-refractivity contribution in [2.75, 3.05) is 0 Å². The number of halogens is 5. The van der Waals surface area contributed by atoms with E-state index in [0.29, 0.717) is 0 Å². The van der Waals surface area contributed by atoms with E-state index in [1.54, 1.807) is 103 Å². The van der Waals surface area contributed by atoms with E-state index in [4.69, 9.17) is 0 Å². The van der Waals surface area contributed by atoms with Crippen LogP contribution in [0.25, 0.3) is 22.6 Å². The summed E-state index contributed by atoms with van der Waals surface area (Å²) in [5.41, 5.74) is 7.51. The second-order valence-electron chi connectivity index (χ2n) is 12.1. The molecule has 2 nitrogen and oxygen atoms in total. The Morgan fingerprint density at radius 1 is 0.568 bits per heavy atom. The molecule has 0 aliphatic heterocycles. The molecule has 0 radical (unpaired) electrons. The first-order valence-electron chi connectivity index (χ1n) is 16.2. The van der Waals surface area contributed by atoms with E-state index >= 15 is 0 Å². The van der Waals surface area contributed by atoms with Crippen molar-refractivity contribution >= 4 is 31.1 Å². The molecular weight excluding hydrogens is 698 g/mol. The van der Waals surface area contributed by atoms with Crippen LogP contribution >= 0.6 is 23.9 Å². The first-order chi connectivity index (χ1) is 20.8. The smallest absolute Gasteiger partial charge is 0.418 e. The molecule has 0 bridgehead atoms. The molecule has 3 aliphatic carbocycles. The van der Waals surface area contributed by atoms with Gasteiger partial charge in [0.15, 0.2) is 0 Å². The zero-order chi connectivity index (χ0) is 30.5. The number of rotatable bonds is 5. The van der Waals surface area contributed by atoms with Crippen LogP contribution in [0.2, 0.25) is 0 Å². The summed E-state index contributed by atoms with van der Waals surface area (Å²) in [6.45, 7) is 0. The van der Waals surface area contributed by atoms with Gasteiger partial charge in [0.05, 0.1) is 34.1 Å². The molecule has 0 spiro atoms. The molecule has 44 heavy (non-hydrogen) atoms. The fourth-order valence-corrected chi connectivity index (χ4v) is 12.7. The molecule has 10 heteroatoms. The van der Waals surface area contributed by atoms with E-state index < -0.39 is 7.25 Å². The van der Waals surface area contributed by atoms with Crippen molar-refractivity contribution in [2.24, 2.45) is 0 Å². The minimum atomic E-state index is -6.00. The number of hydrogen-bond donors (Lipinski definition) is 0. The van der Waals surface area contributed by atoms with E-state index in [1.807, 2.05) is 48.5 Å². The SMILES string of the molecule is Brc1ccc(-c2cccc(-c3ccccn3)n2)cc1.C1CCC([PH+](C2CCCCC2)C2CCCCC2)CC1.F[B-](F)(F)F.[Cu+]. The third-order valence-electron chi connectivity index (χ3n) is 9.05. The fourth-order valence-electron chi connectivity index (χ4n) is 7.18. The van der Waals surface area contributed by atoms with Gasteiger partial charge in [-0.15, -0.1) is 0 Å². The van der Waals surface area contributed by atoms with Crippen LogP contribution in [0.4, 0.5) is 17.3 Å². The first-order valence-corrected chi connectivity index (χ1v) is 18.7. The minimum Gasteiger partial charge on any atom is -0.418 e. The van der Waals surface area contributed by atoms with Crippen molar-refractivity contribution in [1.82, 2.24) is 9.97 Å². The van der Waals surface area contributed by atoms with Gasteiger partial charge in [0.25, 0.3) is 0 Å². The van der Waals surface area contributed by atoms with Crippen molar-refractivity contribution in [2.45, 2.75) is 113 Å². The average molecular weight is 743 g/mol. The number of nitrogens with zero attached hydrogens (tertiary/aromatic N) is 2. The van der Waals surface area contributed by atoms with Crippen LogP contribution < -0.4 is 0 Å². The Morgan fingerprint density at radius 2 is 1.00 bits per heavy atom. The number of hydrogen-bond acceptors (Lipinski definition) is 2. The Bertz CT molecular complexity index is 1160. The Hall–Kier alpha value is -1.27. The predicted octanol–water partition coefficient (Wildman–Crippen LogP) is 12.1. The normalized spacial score (nSPS) is 18.3. The van der Waals surface area contributed by atoms with Gasteiger partial charge in [-0.2, -0.15) is 0 Å². The summed E-state index contributed by atoms with van der Waals surface area (Å²) in [5.74, 6) is 0. The summed E-state index contributed by atoms with van der Waals surface area (Å²) in [4.78, 5) is 8.99. The van der Waals surface area contributed by atoms with Crippen LogP contribution in [0, 0.1) is 0 Å². The molecule has 3 saturated carbocycles. The molecule has 2 heterocycles. The van der Waals surface area contributed by atoms with E-state index in [0.717, 1.165) is 27.1 Å². The Balaban J connectivity index is 0.000000205. The average Bonchev–Trinajstić information content (AvgIpc) is 3.03. The molecule has 3 aromatic rings. The van der Waals surface area contributed by atoms with Gasteiger partial charge in [-0.25, -0.2) is 4.98 Å². The molecule has 3 aliphatic rings. The van der Waals surface area contributed by atoms with Gasteiger partial charge in [0, 0.05) is 24.2 Å². The van der Waals surface area contributed by atoms with Crippen molar-refractivity contribution in [3.63, 3.8) is 0 Å². The largest absolute Gasteiger partial charge is 1.00 e. The van der Waals surface area contributed by atoms with E-state index in [9.17, 15) is 17.3 Å². The molecule has 0 atom stereocenters. The molecule has 0 N–H and O–H groups in total. The third kappa shape index (κ3) is 12.9. The van der Waals surface area contributed by atoms with Gasteiger partial charge in [0.2, 0.25) is 0 Å². The van der Waals surface area contributed by atoms with E-state index in [-0.39, 0.29) is 25.0 Å². The molecule has 3 fully saturated rings. The van der Waals surface area contributed by atoms with Crippen LogP contribution in [-0.2, 0) is 17.1 Å². The molecule has 0 amide bonds. The van der Waals surface area contributed by atoms with Crippen molar-refractivity contribution in [3.05, 3.63) is 71.3 Å². The van der Waals surface area contributed by atoms with Crippen molar-refractivity contribution in [3.8, 4) is 22.6 Å². The Labute approximate surface area is 281 Å². The number of pyridine rings is 2. The second kappa shape index (κ2) is 19.4. The van der Waals surface area contributed by atoms with Gasteiger partial charge in [-0.1, -0.05) is 59.5 Å². The summed E-state index contributed by atoms with van der Waals surface area (Å²) in [6.07, 6.45) is 25.6. The topological polar surface area (TPSA) is 25.8 Å². The van der Waals surface area contributed by atoms with Gasteiger partial charge in [0.1, 0.15) is 0 Å². The van der Waals surface area contributed by atoms with Crippen LogP contribution in [0.15, 0.2) is 71.3 Å². The monoisotopic (exact) mass is 741 g/mol. The Kier molecular flexibility index (Phi) is 16.4. The molecule has 0 unspecified atom stereocenters. The molecule has 1 aromatic carbocycles. The summed E-state index contributed by atoms with van der Waals surface area (Å²) in [5, 5.41) is 0. The zero-order valence-electron chi connectivity index (χ0n) is 25.4. The van der Waals surface area contributed by atoms with E-state index in [1.165, 1.54) is 17.0 Å². The molecule has 244 valence electrons. The quantitative estimate of drug-likeness (QED) is 0.148. The standard InChI is InChI=1S/C18H33P.C16H11BrN2.BF4.Cu/c1-4-10-16(11-5-1)19(17-12-6-2-7-13-17)18-14-8-3-9-15-18;17-13-9-7-12(8-10-13)14-5-3-6-16(19-14)15-4-1-2-11-18-15;2-1(3,4)5;/h16-18H,1-15H2;1-11H;;/q;;-1;+1/p+1. The summed E-state index contributed by atoms with van der Waals surface area (Å²) in [6, 6.07) is 20.0. The molecule has 0 saturated heterocycles. The maximum absolute atomic E-state index is 9.75. The van der Waals surface area contributed by atoms with Crippen LogP contribution in [0.5, 0.6) is 0 Å². The molecule has 6 rings (SSSR count). The minimum absolute atomic E-state index is 0. The fraction of sp³-hybridized carbons (Fsp3) is 0.529. The predicted molar refractivity (Wildman–Crippen MR) is 180 cm³/mol. The van der Waals surface area contributed by atoms with Crippen LogP contribution in [0.1, 0.15) is 96.3 Å². The maximum atomic E-state index is 9.75.